The number of ether oxygens (including phenoxy) is 1. The monoisotopic (exact) mass is 459 g/mol. The second-order valence-electron chi connectivity index (χ2n) is 8.52. The van der Waals surface area contributed by atoms with Gasteiger partial charge in [-0.05, 0) is 31.2 Å². The number of aliphatic hydroxyl groups excluding tert-OH is 1. The number of aromatic nitrogens is 4. The number of anilines is 3. The van der Waals surface area contributed by atoms with Gasteiger partial charge in [0.1, 0.15) is 23.2 Å². The first kappa shape index (κ1) is 22.2. The van der Waals surface area contributed by atoms with E-state index in [1.807, 2.05) is 25.1 Å². The molecule has 9 heteroatoms. The molecule has 2 aromatic rings. The molecule has 0 spiro atoms. The first-order valence-corrected chi connectivity index (χ1v) is 11.6. The number of hydrogen-bond acceptors (Lipinski definition) is 9. The van der Waals surface area contributed by atoms with Gasteiger partial charge in [-0.3, -0.25) is 4.90 Å². The van der Waals surface area contributed by atoms with Crippen LogP contribution in [0.5, 0.6) is 5.75 Å². The highest BCUT2D eigenvalue weighted by molar-refractivity contribution is 5.50. The Balaban J connectivity index is 1.21. The molecule has 176 valence electrons. The van der Waals surface area contributed by atoms with Crippen LogP contribution in [0.25, 0.3) is 0 Å². The van der Waals surface area contributed by atoms with Gasteiger partial charge in [-0.2, -0.15) is 15.0 Å². The number of rotatable bonds is 7. The van der Waals surface area contributed by atoms with Crippen LogP contribution in [0.3, 0.4) is 0 Å². The lowest BCUT2D eigenvalue weighted by Gasteiger charge is -2.34. The van der Waals surface area contributed by atoms with Crippen LogP contribution in [0.1, 0.15) is 5.82 Å². The van der Waals surface area contributed by atoms with Gasteiger partial charge in [0.15, 0.2) is 0 Å². The molecule has 2 aliphatic carbocycles. The quantitative estimate of drug-likeness (QED) is 0.647. The maximum absolute atomic E-state index is 9.13. The summed E-state index contributed by atoms with van der Waals surface area (Å²) >= 11 is 0. The van der Waals surface area contributed by atoms with Crippen LogP contribution < -0.4 is 15.0 Å². The largest absolute Gasteiger partial charge is 0.456 e. The van der Waals surface area contributed by atoms with Gasteiger partial charge in [0.25, 0.3) is 0 Å². The highest BCUT2D eigenvalue weighted by Crippen LogP contribution is 2.29. The molecule has 1 fully saturated rings. The van der Waals surface area contributed by atoms with Crippen LogP contribution in [-0.4, -0.2) is 69.3 Å². The van der Waals surface area contributed by atoms with Crippen LogP contribution in [0.4, 0.5) is 17.7 Å². The first-order chi connectivity index (χ1) is 16.7. The zero-order valence-corrected chi connectivity index (χ0v) is 19.2. The summed E-state index contributed by atoms with van der Waals surface area (Å²) in [6.45, 7) is 6.10. The number of allylic oxidation sites excluding steroid dienone is 7. The molecule has 2 N–H and O–H groups in total. The highest BCUT2D eigenvalue weighted by atomic mass is 16.5. The predicted molar refractivity (Wildman–Crippen MR) is 131 cm³/mol. The van der Waals surface area contributed by atoms with Crippen molar-refractivity contribution in [3.8, 4) is 5.75 Å². The Hall–Kier alpha value is -3.56. The van der Waals surface area contributed by atoms with E-state index in [-0.39, 0.29) is 6.61 Å². The van der Waals surface area contributed by atoms with Gasteiger partial charge in [-0.15, -0.1) is 0 Å². The molecular weight excluding hydrogens is 430 g/mol. The summed E-state index contributed by atoms with van der Waals surface area (Å²) in [5.74, 6) is 4.61. The maximum Gasteiger partial charge on any atom is 0.233 e. The number of aryl methyl sites for hydroxylation is 1. The summed E-state index contributed by atoms with van der Waals surface area (Å²) in [4.78, 5) is 22.4. The SMILES string of the molecule is Cc1nc(Nc2ccc(OC3=CC4C=CC=CC4C=C3)cn2)nc(N2CCN(CCO)CC2)n1. The smallest absolute Gasteiger partial charge is 0.233 e. The van der Waals surface area contributed by atoms with Crippen molar-refractivity contribution in [2.24, 2.45) is 11.8 Å². The average Bonchev–Trinajstić information content (AvgIpc) is 2.85. The minimum Gasteiger partial charge on any atom is -0.456 e. The zero-order chi connectivity index (χ0) is 23.3. The molecule has 2 atom stereocenters. The molecule has 5 rings (SSSR count). The Labute approximate surface area is 199 Å². The van der Waals surface area contributed by atoms with Gasteiger partial charge < -0.3 is 20.1 Å². The van der Waals surface area contributed by atoms with Crippen molar-refractivity contribution >= 4 is 17.7 Å². The third-order valence-corrected chi connectivity index (χ3v) is 6.08. The van der Waals surface area contributed by atoms with Crippen LogP contribution in [0.15, 0.2) is 66.6 Å². The summed E-state index contributed by atoms with van der Waals surface area (Å²) in [5.41, 5.74) is 0. The van der Waals surface area contributed by atoms with E-state index in [9.17, 15) is 0 Å². The number of nitrogens with one attached hydrogen (secondary N) is 1. The normalized spacial score (nSPS) is 21.8. The third-order valence-electron chi connectivity index (χ3n) is 6.08. The standard InChI is InChI=1S/C25H29N7O2/c1-18-27-24(30-25(28-18)32-12-10-31(11-13-32)14-15-33)29-23-9-8-22(17-26-23)34-21-7-6-19-4-2-3-5-20(19)16-21/h2-9,16-17,19-20,33H,10-15H2,1H3,(H,26,27,28,29,30). The Kier molecular flexibility index (Phi) is 6.64. The van der Waals surface area contributed by atoms with Gasteiger partial charge in [0.05, 0.1) is 12.8 Å². The number of pyridine rings is 1. The van der Waals surface area contributed by atoms with E-state index in [1.165, 1.54) is 0 Å². The second-order valence-corrected chi connectivity index (χ2v) is 8.52. The number of β-amino-alcohol motifs (C(OH)–C–C–N with tert-alkyl or cyclic N) is 1. The molecule has 3 heterocycles. The topological polar surface area (TPSA) is 99.5 Å². The molecule has 0 bridgehead atoms. The van der Waals surface area contributed by atoms with E-state index >= 15 is 0 Å². The fourth-order valence-corrected chi connectivity index (χ4v) is 4.26. The van der Waals surface area contributed by atoms with E-state index in [0.29, 0.717) is 47.7 Å². The van der Waals surface area contributed by atoms with Crippen molar-refractivity contribution in [3.63, 3.8) is 0 Å². The zero-order valence-electron chi connectivity index (χ0n) is 19.2. The van der Waals surface area contributed by atoms with E-state index in [4.69, 9.17) is 9.84 Å². The molecule has 2 unspecified atom stereocenters. The molecule has 0 aromatic carbocycles. The summed E-state index contributed by atoms with van der Waals surface area (Å²) in [5, 5.41) is 12.3. The van der Waals surface area contributed by atoms with E-state index in [0.717, 1.165) is 31.9 Å². The summed E-state index contributed by atoms with van der Waals surface area (Å²) < 4.78 is 6.01. The number of piperazine rings is 1. The number of nitrogens with zero attached hydrogens (tertiary/aromatic N) is 6. The maximum atomic E-state index is 9.13. The average molecular weight is 460 g/mol. The lowest BCUT2D eigenvalue weighted by Crippen LogP contribution is -2.47. The minimum absolute atomic E-state index is 0.181. The van der Waals surface area contributed by atoms with Crippen LogP contribution >= 0.6 is 0 Å². The van der Waals surface area contributed by atoms with Gasteiger partial charge in [-0.25, -0.2) is 4.98 Å². The Bertz CT molecular complexity index is 1120. The molecule has 34 heavy (non-hydrogen) atoms. The van der Waals surface area contributed by atoms with Crippen LogP contribution in [0, 0.1) is 18.8 Å². The fraction of sp³-hybridized carbons (Fsp3) is 0.360. The Morgan fingerprint density at radius 1 is 1.03 bits per heavy atom. The van der Waals surface area contributed by atoms with Gasteiger partial charge in [0, 0.05) is 44.6 Å². The van der Waals surface area contributed by atoms with Gasteiger partial charge in [0.2, 0.25) is 11.9 Å². The molecular formula is C25H29N7O2. The fourth-order valence-electron chi connectivity index (χ4n) is 4.26. The second kappa shape index (κ2) is 10.1. The van der Waals surface area contributed by atoms with Crippen molar-refractivity contribution in [1.29, 1.82) is 0 Å². The molecule has 0 radical (unpaired) electrons. The van der Waals surface area contributed by atoms with E-state index < -0.39 is 0 Å². The Morgan fingerprint density at radius 3 is 2.62 bits per heavy atom. The summed E-state index contributed by atoms with van der Waals surface area (Å²) in [6, 6.07) is 3.73. The number of hydrogen-bond donors (Lipinski definition) is 2. The molecule has 0 amide bonds. The van der Waals surface area contributed by atoms with Gasteiger partial charge in [-0.1, -0.05) is 30.4 Å². The summed E-state index contributed by atoms with van der Waals surface area (Å²) in [7, 11) is 0. The molecule has 1 saturated heterocycles. The van der Waals surface area contributed by atoms with Gasteiger partial charge >= 0.3 is 0 Å². The first-order valence-electron chi connectivity index (χ1n) is 11.6. The predicted octanol–water partition coefficient (Wildman–Crippen LogP) is 2.62. The van der Waals surface area contributed by atoms with Crippen molar-refractivity contribution in [1.82, 2.24) is 24.8 Å². The van der Waals surface area contributed by atoms with Crippen molar-refractivity contribution < 1.29 is 9.84 Å². The number of aliphatic hydroxyl groups is 1. The van der Waals surface area contributed by atoms with Crippen molar-refractivity contribution in [2.45, 2.75) is 6.92 Å². The van der Waals surface area contributed by atoms with E-state index in [1.54, 1.807) is 6.20 Å². The minimum atomic E-state index is 0.181. The Morgan fingerprint density at radius 2 is 1.85 bits per heavy atom. The molecule has 0 saturated carbocycles. The van der Waals surface area contributed by atoms with Crippen LogP contribution in [0.2, 0.25) is 0 Å². The lowest BCUT2D eigenvalue weighted by atomic mass is 9.85. The molecule has 9 nitrogen and oxygen atoms in total. The van der Waals surface area contributed by atoms with Crippen molar-refractivity contribution in [2.75, 3.05) is 49.5 Å². The summed E-state index contributed by atoms with van der Waals surface area (Å²) in [6.07, 6.45) is 16.5. The molecule has 3 aliphatic rings. The highest BCUT2D eigenvalue weighted by Gasteiger charge is 2.20. The molecule has 1 aliphatic heterocycles. The van der Waals surface area contributed by atoms with Crippen molar-refractivity contribution in [3.05, 3.63) is 72.4 Å². The lowest BCUT2D eigenvalue weighted by molar-refractivity contribution is 0.188. The van der Waals surface area contributed by atoms with E-state index in [2.05, 4.69) is 71.5 Å². The number of fused-ring (bicyclic) bond motifs is 1. The van der Waals surface area contributed by atoms with Crippen LogP contribution in [-0.2, 0) is 0 Å². The molecule has 2 aromatic heterocycles. The third kappa shape index (κ3) is 5.32.